The zero-order chi connectivity index (χ0) is 7.98. The minimum absolute atomic E-state index is 0.607. The molecule has 0 spiro atoms. The van der Waals surface area contributed by atoms with Crippen LogP contribution in [0.25, 0.3) is 0 Å². The summed E-state index contributed by atoms with van der Waals surface area (Å²) in [5.41, 5.74) is 1.39. The average Bonchev–Trinajstić information content (AvgIpc) is 1.87. The number of rotatable bonds is 3. The highest BCUT2D eigenvalue weighted by Crippen LogP contribution is 2.13. The van der Waals surface area contributed by atoms with Gasteiger partial charge in [-0.15, -0.1) is 12.3 Å². The molecule has 0 unspecified atom stereocenters. The van der Waals surface area contributed by atoms with Gasteiger partial charge in [0.2, 0.25) is 0 Å². The molecule has 0 radical (unpaired) electrons. The van der Waals surface area contributed by atoms with Crippen molar-refractivity contribution in [1.82, 2.24) is 0 Å². The van der Waals surface area contributed by atoms with E-state index in [0.717, 1.165) is 12.8 Å². The third kappa shape index (κ3) is 3.35. The van der Waals surface area contributed by atoms with Gasteiger partial charge in [-0.25, -0.2) is 0 Å². The molecule has 0 heterocycles. The van der Waals surface area contributed by atoms with E-state index in [0.29, 0.717) is 5.92 Å². The maximum absolute atomic E-state index is 5.21. The van der Waals surface area contributed by atoms with Crippen molar-refractivity contribution in [2.24, 2.45) is 5.92 Å². The van der Waals surface area contributed by atoms with E-state index in [-0.39, 0.29) is 0 Å². The molecule has 0 atom stereocenters. The van der Waals surface area contributed by atoms with Gasteiger partial charge in [-0.05, 0) is 12.3 Å². The Morgan fingerprint density at radius 3 is 2.50 bits per heavy atom. The minimum Gasteiger partial charge on any atom is -0.120 e. The SMILES string of the molecule is C#CC/C(=C\CC)C(C)C. The average molecular weight is 136 g/mol. The van der Waals surface area contributed by atoms with E-state index < -0.39 is 0 Å². The first-order chi connectivity index (χ1) is 4.72. The van der Waals surface area contributed by atoms with Gasteiger partial charge < -0.3 is 0 Å². The second-order valence-corrected chi connectivity index (χ2v) is 2.72. The summed E-state index contributed by atoms with van der Waals surface area (Å²) in [6, 6.07) is 0. The van der Waals surface area contributed by atoms with Gasteiger partial charge in [0.25, 0.3) is 0 Å². The largest absolute Gasteiger partial charge is 0.120 e. The molecule has 0 saturated heterocycles. The molecule has 10 heavy (non-hydrogen) atoms. The lowest BCUT2D eigenvalue weighted by atomic mass is 9.99. The zero-order valence-electron chi connectivity index (χ0n) is 7.15. The zero-order valence-corrected chi connectivity index (χ0v) is 7.15. The molecule has 0 N–H and O–H groups in total. The van der Waals surface area contributed by atoms with Crippen LogP contribution in [0.1, 0.15) is 33.6 Å². The van der Waals surface area contributed by atoms with Crippen LogP contribution in [0, 0.1) is 18.3 Å². The Morgan fingerprint density at radius 1 is 1.60 bits per heavy atom. The smallest absolute Gasteiger partial charge is 0.0299 e. The van der Waals surface area contributed by atoms with Crippen LogP contribution in [-0.4, -0.2) is 0 Å². The van der Waals surface area contributed by atoms with Crippen molar-refractivity contribution >= 4 is 0 Å². The summed E-state index contributed by atoms with van der Waals surface area (Å²) in [5.74, 6) is 3.27. The van der Waals surface area contributed by atoms with Crippen molar-refractivity contribution < 1.29 is 0 Å². The lowest BCUT2D eigenvalue weighted by Gasteiger charge is -2.06. The molecule has 0 aromatic heterocycles. The summed E-state index contributed by atoms with van der Waals surface area (Å²) in [5, 5.41) is 0. The number of allylic oxidation sites excluding steroid dienone is 2. The highest BCUT2D eigenvalue weighted by atomic mass is 14.0. The molecule has 0 aliphatic rings. The van der Waals surface area contributed by atoms with Gasteiger partial charge in [-0.1, -0.05) is 32.4 Å². The van der Waals surface area contributed by atoms with Gasteiger partial charge in [-0.3, -0.25) is 0 Å². The Bertz CT molecular complexity index is 144. The fraction of sp³-hybridized carbons (Fsp3) is 0.600. The van der Waals surface area contributed by atoms with E-state index in [1.807, 2.05) is 0 Å². The molecule has 0 aromatic carbocycles. The Morgan fingerprint density at radius 2 is 2.20 bits per heavy atom. The van der Waals surface area contributed by atoms with Crippen molar-refractivity contribution in [3.63, 3.8) is 0 Å². The lowest BCUT2D eigenvalue weighted by Crippen LogP contribution is -1.92. The highest BCUT2D eigenvalue weighted by molar-refractivity contribution is 5.12. The normalized spacial score (nSPS) is 11.7. The van der Waals surface area contributed by atoms with Gasteiger partial charge in [-0.2, -0.15) is 0 Å². The molecule has 0 aromatic rings. The summed E-state index contributed by atoms with van der Waals surface area (Å²) in [6.07, 6.45) is 9.34. The summed E-state index contributed by atoms with van der Waals surface area (Å²) in [7, 11) is 0. The molecule has 0 rings (SSSR count). The van der Waals surface area contributed by atoms with Gasteiger partial charge in [0.15, 0.2) is 0 Å². The molecule has 56 valence electrons. The first-order valence-corrected chi connectivity index (χ1v) is 3.84. The lowest BCUT2D eigenvalue weighted by molar-refractivity contribution is 0.745. The Kier molecular flexibility index (Phi) is 4.76. The Hall–Kier alpha value is -0.700. The van der Waals surface area contributed by atoms with E-state index in [9.17, 15) is 0 Å². The molecular formula is C10H16. The second kappa shape index (κ2) is 5.11. The maximum atomic E-state index is 5.21. The van der Waals surface area contributed by atoms with E-state index in [1.165, 1.54) is 5.57 Å². The quantitative estimate of drug-likeness (QED) is 0.413. The molecular weight excluding hydrogens is 120 g/mol. The van der Waals surface area contributed by atoms with E-state index in [1.54, 1.807) is 0 Å². The predicted octanol–water partition coefficient (Wildman–Crippen LogP) is 3.00. The summed E-state index contributed by atoms with van der Waals surface area (Å²) in [4.78, 5) is 0. The van der Waals surface area contributed by atoms with Crippen LogP contribution in [0.2, 0.25) is 0 Å². The van der Waals surface area contributed by atoms with Crippen molar-refractivity contribution in [2.75, 3.05) is 0 Å². The fourth-order valence-electron chi connectivity index (χ4n) is 0.892. The third-order valence-electron chi connectivity index (χ3n) is 1.51. The van der Waals surface area contributed by atoms with Crippen molar-refractivity contribution in [2.45, 2.75) is 33.6 Å². The number of hydrogen-bond acceptors (Lipinski definition) is 0. The first kappa shape index (κ1) is 9.30. The monoisotopic (exact) mass is 136 g/mol. The minimum atomic E-state index is 0.607. The predicted molar refractivity (Wildman–Crippen MR) is 46.7 cm³/mol. The van der Waals surface area contributed by atoms with E-state index >= 15 is 0 Å². The van der Waals surface area contributed by atoms with E-state index in [2.05, 4.69) is 32.8 Å². The molecule has 0 bridgehead atoms. The fourth-order valence-corrected chi connectivity index (χ4v) is 0.892. The molecule has 0 aliphatic carbocycles. The molecule has 0 heteroatoms. The topological polar surface area (TPSA) is 0 Å². The summed E-state index contributed by atoms with van der Waals surface area (Å²) < 4.78 is 0. The Balaban J connectivity index is 4.01. The Labute approximate surface area is 64.3 Å². The molecule has 0 amide bonds. The third-order valence-corrected chi connectivity index (χ3v) is 1.51. The van der Waals surface area contributed by atoms with Crippen molar-refractivity contribution in [1.29, 1.82) is 0 Å². The standard InChI is InChI=1S/C10H16/c1-5-7-10(8-6-2)9(3)4/h1,8-9H,6-7H2,2-4H3/b10-8+. The van der Waals surface area contributed by atoms with Crippen LogP contribution in [-0.2, 0) is 0 Å². The second-order valence-electron chi connectivity index (χ2n) is 2.72. The van der Waals surface area contributed by atoms with Crippen molar-refractivity contribution in [3.8, 4) is 12.3 Å². The van der Waals surface area contributed by atoms with Crippen LogP contribution in [0.4, 0.5) is 0 Å². The van der Waals surface area contributed by atoms with Crippen LogP contribution in [0.3, 0.4) is 0 Å². The summed E-state index contributed by atoms with van der Waals surface area (Å²) >= 11 is 0. The van der Waals surface area contributed by atoms with Crippen LogP contribution in [0.15, 0.2) is 11.6 Å². The molecule has 0 saturated carbocycles. The first-order valence-electron chi connectivity index (χ1n) is 3.84. The molecule has 0 nitrogen and oxygen atoms in total. The van der Waals surface area contributed by atoms with E-state index in [4.69, 9.17) is 6.42 Å². The van der Waals surface area contributed by atoms with Crippen LogP contribution in [0.5, 0.6) is 0 Å². The van der Waals surface area contributed by atoms with Gasteiger partial charge >= 0.3 is 0 Å². The molecule has 0 fully saturated rings. The molecule has 0 aliphatic heterocycles. The van der Waals surface area contributed by atoms with Gasteiger partial charge in [0.1, 0.15) is 0 Å². The van der Waals surface area contributed by atoms with Crippen LogP contribution < -0.4 is 0 Å². The number of hydrogen-bond donors (Lipinski definition) is 0. The van der Waals surface area contributed by atoms with Gasteiger partial charge in [0.05, 0.1) is 0 Å². The number of terminal acetylenes is 1. The summed E-state index contributed by atoms with van der Waals surface area (Å²) in [6.45, 7) is 6.50. The van der Waals surface area contributed by atoms with Crippen LogP contribution >= 0.6 is 0 Å². The van der Waals surface area contributed by atoms with Gasteiger partial charge in [0, 0.05) is 6.42 Å². The highest BCUT2D eigenvalue weighted by Gasteiger charge is 1.98. The van der Waals surface area contributed by atoms with Crippen molar-refractivity contribution in [3.05, 3.63) is 11.6 Å². The maximum Gasteiger partial charge on any atom is 0.0299 e.